The van der Waals surface area contributed by atoms with Crippen molar-refractivity contribution < 1.29 is 17.9 Å². The van der Waals surface area contributed by atoms with Gasteiger partial charge in [0, 0.05) is 38.1 Å². The fraction of sp³-hybridized carbons (Fsp3) is 0.333. The number of benzene rings is 2. The molecule has 4 rings (SSSR count). The van der Waals surface area contributed by atoms with E-state index < -0.39 is 16.1 Å². The van der Waals surface area contributed by atoms with Crippen LogP contribution in [0.25, 0.3) is 0 Å². The summed E-state index contributed by atoms with van der Waals surface area (Å²) in [6, 6.07) is 15.2. The number of nitrogens with one attached hydrogen (secondary N) is 1. The molecule has 9 heteroatoms. The molecular weight excluding hydrogens is 440 g/mol. The van der Waals surface area contributed by atoms with Gasteiger partial charge in [0.15, 0.2) is 0 Å². The molecule has 1 aliphatic rings. The zero-order chi connectivity index (χ0) is 23.6. The lowest BCUT2D eigenvalue weighted by Gasteiger charge is -2.34. The molecule has 1 amide bonds. The number of morpholine rings is 1. The fourth-order valence-corrected chi connectivity index (χ4v) is 5.72. The molecule has 1 saturated heterocycles. The Morgan fingerprint density at radius 1 is 1.09 bits per heavy atom. The number of carbonyl (C=O) groups excluding carboxylic acids is 1. The highest BCUT2D eigenvalue weighted by atomic mass is 32.2. The second kappa shape index (κ2) is 9.46. The molecule has 0 unspecified atom stereocenters. The van der Waals surface area contributed by atoms with E-state index in [1.54, 1.807) is 18.3 Å². The zero-order valence-corrected chi connectivity index (χ0v) is 19.7. The average Bonchev–Trinajstić information content (AvgIpc) is 3.23. The highest BCUT2D eigenvalue weighted by Gasteiger charge is 2.32. The first-order chi connectivity index (χ1) is 15.8. The monoisotopic (exact) mass is 468 g/mol. The molecule has 0 bridgehead atoms. The van der Waals surface area contributed by atoms with Gasteiger partial charge in [0.25, 0.3) is 5.91 Å². The van der Waals surface area contributed by atoms with Crippen LogP contribution in [0.15, 0.2) is 71.9 Å². The third kappa shape index (κ3) is 5.00. The van der Waals surface area contributed by atoms with Crippen molar-refractivity contribution >= 4 is 15.9 Å². The molecule has 0 saturated carbocycles. The average molecular weight is 469 g/mol. The number of hydrogen-bond donors (Lipinski definition) is 1. The highest BCUT2D eigenvalue weighted by molar-refractivity contribution is 7.89. The standard InChI is InChI=1S/C24H28N4O4S/c1-17-15-28(16-18(2)32-17)33(30,31)21-11-7-10-20(14-21)24(29)26-22(19-8-5-4-6-9-19)23-25-12-13-27(23)3/h4-14,17-18,22H,15-16H2,1-3H3,(H,26,29)/t17-,18+,22-/m0/s1. The predicted molar refractivity (Wildman–Crippen MR) is 124 cm³/mol. The first-order valence-corrected chi connectivity index (χ1v) is 12.3. The van der Waals surface area contributed by atoms with Crippen LogP contribution in [-0.2, 0) is 21.8 Å². The van der Waals surface area contributed by atoms with Crippen molar-refractivity contribution in [1.82, 2.24) is 19.2 Å². The largest absolute Gasteiger partial charge is 0.373 e. The molecule has 2 heterocycles. The summed E-state index contributed by atoms with van der Waals surface area (Å²) in [4.78, 5) is 17.7. The van der Waals surface area contributed by atoms with Gasteiger partial charge in [-0.05, 0) is 37.6 Å². The molecule has 1 N–H and O–H groups in total. The van der Waals surface area contributed by atoms with Crippen LogP contribution in [0.3, 0.4) is 0 Å². The van der Waals surface area contributed by atoms with E-state index in [1.807, 2.05) is 62.0 Å². The maximum atomic E-state index is 13.3. The number of aryl methyl sites for hydroxylation is 1. The third-order valence-electron chi connectivity index (χ3n) is 5.65. The Bertz CT molecular complexity index is 1220. The van der Waals surface area contributed by atoms with E-state index in [9.17, 15) is 13.2 Å². The number of aromatic nitrogens is 2. The van der Waals surface area contributed by atoms with E-state index in [1.165, 1.54) is 16.4 Å². The van der Waals surface area contributed by atoms with E-state index in [4.69, 9.17) is 4.74 Å². The predicted octanol–water partition coefficient (Wildman–Crippen LogP) is 2.74. The Kier molecular flexibility index (Phi) is 6.64. The summed E-state index contributed by atoms with van der Waals surface area (Å²) in [6.07, 6.45) is 3.10. The number of rotatable bonds is 6. The first kappa shape index (κ1) is 23.2. The summed E-state index contributed by atoms with van der Waals surface area (Å²) < 4.78 is 35.4. The van der Waals surface area contributed by atoms with Crippen molar-refractivity contribution in [2.75, 3.05) is 13.1 Å². The smallest absolute Gasteiger partial charge is 0.252 e. The summed E-state index contributed by atoms with van der Waals surface area (Å²) in [7, 11) is -1.89. The second-order valence-corrected chi connectivity index (χ2v) is 10.3. The summed E-state index contributed by atoms with van der Waals surface area (Å²) in [5.74, 6) is 0.294. The Hall–Kier alpha value is -3.01. The quantitative estimate of drug-likeness (QED) is 0.600. The lowest BCUT2D eigenvalue weighted by molar-refractivity contribution is -0.0440. The number of nitrogens with zero attached hydrogens (tertiary/aromatic N) is 3. The van der Waals surface area contributed by atoms with Crippen LogP contribution in [0.1, 0.15) is 41.6 Å². The van der Waals surface area contributed by atoms with E-state index in [-0.39, 0.29) is 41.7 Å². The number of imidazole rings is 1. The first-order valence-electron chi connectivity index (χ1n) is 10.8. The Morgan fingerprint density at radius 3 is 2.42 bits per heavy atom. The van der Waals surface area contributed by atoms with E-state index in [2.05, 4.69) is 10.3 Å². The molecule has 1 fully saturated rings. The molecule has 3 atom stereocenters. The lowest BCUT2D eigenvalue weighted by atomic mass is 10.1. The van der Waals surface area contributed by atoms with Gasteiger partial charge in [-0.25, -0.2) is 13.4 Å². The molecule has 174 valence electrons. The molecule has 0 radical (unpaired) electrons. The van der Waals surface area contributed by atoms with Gasteiger partial charge in [-0.1, -0.05) is 36.4 Å². The van der Waals surface area contributed by atoms with Crippen molar-refractivity contribution in [3.05, 3.63) is 83.9 Å². The van der Waals surface area contributed by atoms with Crippen molar-refractivity contribution in [1.29, 1.82) is 0 Å². The Morgan fingerprint density at radius 2 is 1.79 bits per heavy atom. The SMILES string of the molecule is C[C@@H]1CN(S(=O)(=O)c2cccc(C(=O)N[C@@H](c3ccccc3)c3nccn3C)c2)C[C@H](C)O1. The lowest BCUT2D eigenvalue weighted by Crippen LogP contribution is -2.48. The summed E-state index contributed by atoms with van der Waals surface area (Å²) in [5.41, 5.74) is 1.14. The van der Waals surface area contributed by atoms with Crippen LogP contribution in [0.4, 0.5) is 0 Å². The van der Waals surface area contributed by atoms with Gasteiger partial charge in [0.2, 0.25) is 10.0 Å². The van der Waals surface area contributed by atoms with Crippen molar-refractivity contribution in [2.24, 2.45) is 7.05 Å². The van der Waals surface area contributed by atoms with Crippen LogP contribution in [0, 0.1) is 0 Å². The van der Waals surface area contributed by atoms with Crippen molar-refractivity contribution in [3.63, 3.8) is 0 Å². The van der Waals surface area contributed by atoms with Gasteiger partial charge in [0.05, 0.1) is 17.1 Å². The molecule has 1 aliphatic heterocycles. The van der Waals surface area contributed by atoms with Crippen LogP contribution in [0.2, 0.25) is 0 Å². The highest BCUT2D eigenvalue weighted by Crippen LogP contribution is 2.24. The van der Waals surface area contributed by atoms with Gasteiger partial charge in [0.1, 0.15) is 11.9 Å². The maximum Gasteiger partial charge on any atom is 0.252 e. The van der Waals surface area contributed by atoms with Gasteiger partial charge in [-0.2, -0.15) is 4.31 Å². The normalized spacial score (nSPS) is 20.3. The fourth-order valence-electron chi connectivity index (χ4n) is 4.09. The van der Waals surface area contributed by atoms with Crippen molar-refractivity contribution in [2.45, 2.75) is 37.0 Å². The number of sulfonamides is 1. The second-order valence-electron chi connectivity index (χ2n) is 8.32. The molecule has 33 heavy (non-hydrogen) atoms. The minimum atomic E-state index is -3.76. The van der Waals surface area contributed by atoms with Crippen LogP contribution < -0.4 is 5.32 Å². The number of amides is 1. The van der Waals surface area contributed by atoms with Gasteiger partial charge in [-0.3, -0.25) is 4.79 Å². The third-order valence-corrected chi connectivity index (χ3v) is 7.47. The molecular formula is C24H28N4O4S. The van der Waals surface area contributed by atoms with Crippen LogP contribution in [-0.4, -0.2) is 53.5 Å². The minimum Gasteiger partial charge on any atom is -0.373 e. The molecule has 0 aliphatic carbocycles. The van der Waals surface area contributed by atoms with E-state index >= 15 is 0 Å². The summed E-state index contributed by atoms with van der Waals surface area (Å²) in [6.45, 7) is 4.25. The zero-order valence-electron chi connectivity index (χ0n) is 18.9. The molecule has 1 aromatic heterocycles. The molecule has 0 spiro atoms. The number of carbonyl (C=O) groups is 1. The molecule has 2 aromatic carbocycles. The van der Waals surface area contributed by atoms with Gasteiger partial charge < -0.3 is 14.6 Å². The Balaban J connectivity index is 1.61. The van der Waals surface area contributed by atoms with Crippen LogP contribution >= 0.6 is 0 Å². The number of ether oxygens (including phenoxy) is 1. The summed E-state index contributed by atoms with van der Waals surface area (Å²) >= 11 is 0. The van der Waals surface area contributed by atoms with E-state index in [0.717, 1.165) is 5.56 Å². The van der Waals surface area contributed by atoms with Gasteiger partial charge in [-0.15, -0.1) is 0 Å². The van der Waals surface area contributed by atoms with Crippen molar-refractivity contribution in [3.8, 4) is 0 Å². The summed E-state index contributed by atoms with van der Waals surface area (Å²) in [5, 5.41) is 3.01. The van der Waals surface area contributed by atoms with Gasteiger partial charge >= 0.3 is 0 Å². The molecule has 3 aromatic rings. The Labute approximate surface area is 194 Å². The van der Waals surface area contributed by atoms with E-state index in [0.29, 0.717) is 5.82 Å². The minimum absolute atomic E-state index is 0.0877. The molecule has 8 nitrogen and oxygen atoms in total. The number of hydrogen-bond acceptors (Lipinski definition) is 5. The van der Waals surface area contributed by atoms with Crippen LogP contribution in [0.5, 0.6) is 0 Å². The maximum absolute atomic E-state index is 13.3. The topological polar surface area (TPSA) is 93.5 Å².